The lowest BCUT2D eigenvalue weighted by molar-refractivity contribution is 0.0703. The van der Waals surface area contributed by atoms with Crippen molar-refractivity contribution in [3.8, 4) is 0 Å². The fourth-order valence-electron chi connectivity index (χ4n) is 3.25. The van der Waals surface area contributed by atoms with Crippen LogP contribution < -0.4 is 15.5 Å². The minimum Gasteiger partial charge on any atom is -0.339 e. The van der Waals surface area contributed by atoms with Gasteiger partial charge in [0.2, 0.25) is 0 Å². The predicted octanol–water partition coefficient (Wildman–Crippen LogP) is 1.43. The molecule has 0 spiro atoms. The molecule has 3 amide bonds. The summed E-state index contributed by atoms with van der Waals surface area (Å²) < 4.78 is 0. The van der Waals surface area contributed by atoms with E-state index in [1.54, 1.807) is 4.90 Å². The van der Waals surface area contributed by atoms with Gasteiger partial charge in [0.1, 0.15) is 0 Å². The van der Waals surface area contributed by atoms with Crippen molar-refractivity contribution in [2.75, 3.05) is 38.1 Å². The maximum atomic E-state index is 12.7. The Kier molecular flexibility index (Phi) is 4.81. The Hall–Kier alpha value is -2.08. The number of nitrogens with zero attached hydrogens (tertiary/aromatic N) is 2. The van der Waals surface area contributed by atoms with Gasteiger partial charge in [-0.3, -0.25) is 9.69 Å². The standard InChI is InChI=1S/C17H24N4O2/c1-20(14-6-9-18-10-7-14)16(22)13-4-2-5-15(12-13)21-11-3-8-19-17(21)23/h2,4-5,12,14,18H,3,6-11H2,1H3,(H,19,23). The minimum absolute atomic E-state index is 0.0242. The molecule has 6 heteroatoms. The van der Waals surface area contributed by atoms with Gasteiger partial charge < -0.3 is 15.5 Å². The van der Waals surface area contributed by atoms with Crippen molar-refractivity contribution < 1.29 is 9.59 Å². The van der Waals surface area contributed by atoms with Crippen LogP contribution in [0.1, 0.15) is 29.6 Å². The third-order valence-electron chi connectivity index (χ3n) is 4.66. The monoisotopic (exact) mass is 316 g/mol. The first-order valence-electron chi connectivity index (χ1n) is 8.30. The zero-order valence-electron chi connectivity index (χ0n) is 13.5. The molecular formula is C17H24N4O2. The molecule has 1 aromatic carbocycles. The maximum absolute atomic E-state index is 12.7. The third-order valence-corrected chi connectivity index (χ3v) is 4.66. The fourth-order valence-corrected chi connectivity index (χ4v) is 3.25. The van der Waals surface area contributed by atoms with E-state index in [0.717, 1.165) is 38.0 Å². The number of amides is 3. The minimum atomic E-state index is -0.0902. The molecule has 2 N–H and O–H groups in total. The number of piperidine rings is 1. The SMILES string of the molecule is CN(C(=O)c1cccc(N2CCCNC2=O)c1)C1CCNCC1. The molecule has 23 heavy (non-hydrogen) atoms. The molecule has 2 aliphatic rings. The highest BCUT2D eigenvalue weighted by molar-refractivity contribution is 5.98. The summed E-state index contributed by atoms with van der Waals surface area (Å²) >= 11 is 0. The predicted molar refractivity (Wildman–Crippen MR) is 89.8 cm³/mol. The number of anilines is 1. The smallest absolute Gasteiger partial charge is 0.321 e. The van der Waals surface area contributed by atoms with E-state index in [-0.39, 0.29) is 18.0 Å². The van der Waals surface area contributed by atoms with Gasteiger partial charge in [0.05, 0.1) is 0 Å². The number of rotatable bonds is 3. The van der Waals surface area contributed by atoms with Gasteiger partial charge in [-0.15, -0.1) is 0 Å². The highest BCUT2D eigenvalue weighted by atomic mass is 16.2. The molecule has 0 aromatic heterocycles. The molecule has 2 aliphatic heterocycles. The van der Waals surface area contributed by atoms with Crippen molar-refractivity contribution >= 4 is 17.6 Å². The summed E-state index contributed by atoms with van der Waals surface area (Å²) in [6, 6.07) is 7.57. The van der Waals surface area contributed by atoms with Crippen molar-refractivity contribution in [2.45, 2.75) is 25.3 Å². The second kappa shape index (κ2) is 7.00. The van der Waals surface area contributed by atoms with Crippen molar-refractivity contribution in [1.82, 2.24) is 15.5 Å². The Labute approximate surface area is 136 Å². The van der Waals surface area contributed by atoms with Gasteiger partial charge in [-0.1, -0.05) is 6.07 Å². The maximum Gasteiger partial charge on any atom is 0.321 e. The quantitative estimate of drug-likeness (QED) is 0.887. The van der Waals surface area contributed by atoms with Crippen molar-refractivity contribution in [3.05, 3.63) is 29.8 Å². The van der Waals surface area contributed by atoms with E-state index in [1.165, 1.54) is 0 Å². The van der Waals surface area contributed by atoms with Crippen LogP contribution >= 0.6 is 0 Å². The summed E-state index contributed by atoms with van der Waals surface area (Å²) in [4.78, 5) is 28.3. The van der Waals surface area contributed by atoms with Crippen molar-refractivity contribution in [2.24, 2.45) is 0 Å². The van der Waals surface area contributed by atoms with Crippen LogP contribution in [-0.2, 0) is 0 Å². The molecule has 2 saturated heterocycles. The van der Waals surface area contributed by atoms with E-state index in [4.69, 9.17) is 0 Å². The van der Waals surface area contributed by atoms with Crippen LogP contribution in [0.15, 0.2) is 24.3 Å². The number of nitrogens with one attached hydrogen (secondary N) is 2. The first kappa shape index (κ1) is 15.8. The fraction of sp³-hybridized carbons (Fsp3) is 0.529. The lowest BCUT2D eigenvalue weighted by Gasteiger charge is -2.32. The lowest BCUT2D eigenvalue weighted by atomic mass is 10.0. The van der Waals surface area contributed by atoms with Crippen LogP contribution in [0, 0.1) is 0 Å². The van der Waals surface area contributed by atoms with Crippen LogP contribution in [0.2, 0.25) is 0 Å². The molecule has 2 fully saturated rings. The summed E-state index contributed by atoms with van der Waals surface area (Å²) in [7, 11) is 1.87. The van der Waals surface area contributed by atoms with Crippen LogP contribution in [0.3, 0.4) is 0 Å². The van der Waals surface area contributed by atoms with Gasteiger partial charge in [-0.05, 0) is 50.6 Å². The normalized spacial score (nSPS) is 19.3. The number of carbonyl (C=O) groups is 2. The second-order valence-electron chi connectivity index (χ2n) is 6.18. The molecule has 124 valence electrons. The third kappa shape index (κ3) is 3.47. The molecule has 0 unspecified atom stereocenters. The van der Waals surface area contributed by atoms with Gasteiger partial charge in [-0.2, -0.15) is 0 Å². The van der Waals surface area contributed by atoms with Crippen molar-refractivity contribution in [1.29, 1.82) is 0 Å². The van der Waals surface area contributed by atoms with Gasteiger partial charge in [-0.25, -0.2) is 4.79 Å². The van der Waals surface area contributed by atoms with Crippen molar-refractivity contribution in [3.63, 3.8) is 0 Å². The zero-order chi connectivity index (χ0) is 16.2. The Bertz CT molecular complexity index is 584. The molecule has 1 aromatic rings. The summed E-state index contributed by atoms with van der Waals surface area (Å²) in [5.41, 5.74) is 1.42. The zero-order valence-corrected chi connectivity index (χ0v) is 13.5. The van der Waals surface area contributed by atoms with E-state index in [2.05, 4.69) is 10.6 Å². The second-order valence-corrected chi connectivity index (χ2v) is 6.18. The summed E-state index contributed by atoms with van der Waals surface area (Å²) in [6.07, 6.45) is 2.88. The number of urea groups is 1. The summed E-state index contributed by atoms with van der Waals surface area (Å²) in [6.45, 7) is 3.31. The average Bonchev–Trinajstić information content (AvgIpc) is 2.62. The largest absolute Gasteiger partial charge is 0.339 e. The molecule has 3 rings (SSSR count). The van der Waals surface area contributed by atoms with Gasteiger partial charge >= 0.3 is 6.03 Å². The molecular weight excluding hydrogens is 292 g/mol. The van der Waals surface area contributed by atoms with E-state index in [9.17, 15) is 9.59 Å². The van der Waals surface area contributed by atoms with E-state index in [1.807, 2.05) is 36.2 Å². The lowest BCUT2D eigenvalue weighted by Crippen LogP contribution is -2.46. The summed E-state index contributed by atoms with van der Waals surface area (Å²) in [5, 5.41) is 6.15. The number of hydrogen-bond acceptors (Lipinski definition) is 3. The van der Waals surface area contributed by atoms with E-state index < -0.39 is 0 Å². The first-order chi connectivity index (χ1) is 11.2. The van der Waals surface area contributed by atoms with Crippen LogP contribution in [0.4, 0.5) is 10.5 Å². The van der Waals surface area contributed by atoms with Gasteiger partial charge in [0.25, 0.3) is 5.91 Å². The van der Waals surface area contributed by atoms with Crippen LogP contribution in [0.5, 0.6) is 0 Å². The van der Waals surface area contributed by atoms with E-state index >= 15 is 0 Å². The topological polar surface area (TPSA) is 64.7 Å². The molecule has 0 aliphatic carbocycles. The van der Waals surface area contributed by atoms with E-state index in [0.29, 0.717) is 18.7 Å². The molecule has 0 bridgehead atoms. The molecule has 0 saturated carbocycles. The number of benzene rings is 1. The first-order valence-corrected chi connectivity index (χ1v) is 8.30. The Morgan fingerprint density at radius 2 is 2.04 bits per heavy atom. The molecule has 0 atom stereocenters. The van der Waals surface area contributed by atoms with Crippen LogP contribution in [-0.4, -0.2) is 56.1 Å². The number of hydrogen-bond donors (Lipinski definition) is 2. The van der Waals surface area contributed by atoms with Crippen LogP contribution in [0.25, 0.3) is 0 Å². The highest BCUT2D eigenvalue weighted by Gasteiger charge is 2.24. The van der Waals surface area contributed by atoms with Gasteiger partial charge in [0.15, 0.2) is 0 Å². The Morgan fingerprint density at radius 3 is 2.78 bits per heavy atom. The Morgan fingerprint density at radius 1 is 1.26 bits per heavy atom. The Balaban J connectivity index is 1.75. The molecule has 6 nitrogen and oxygen atoms in total. The molecule has 0 radical (unpaired) electrons. The average molecular weight is 316 g/mol. The van der Waals surface area contributed by atoms with Gasteiger partial charge in [0, 0.05) is 37.4 Å². The summed E-state index contributed by atoms with van der Waals surface area (Å²) in [5.74, 6) is 0.0242. The number of carbonyl (C=O) groups excluding carboxylic acids is 2. The highest BCUT2D eigenvalue weighted by Crippen LogP contribution is 2.21. The molecule has 2 heterocycles.